The maximum Gasteiger partial charge on any atom is 0.117 e. The zero-order chi connectivity index (χ0) is 9.84. The number of rotatable bonds is 3. The molecular formula is C10H14ClNO. The standard InChI is InChI=1S/C10H14ClNO/c1-3-12(2)7-8-4-9(11)6-10(13)5-8/h4-6,13H,3,7H2,1-2H3. The van der Waals surface area contributed by atoms with Crippen LogP contribution in [0.5, 0.6) is 5.75 Å². The van der Waals surface area contributed by atoms with Gasteiger partial charge in [-0.1, -0.05) is 18.5 Å². The quantitative estimate of drug-likeness (QED) is 0.809. The highest BCUT2D eigenvalue weighted by Crippen LogP contribution is 2.20. The molecule has 0 atom stereocenters. The summed E-state index contributed by atoms with van der Waals surface area (Å²) in [6.07, 6.45) is 0. The van der Waals surface area contributed by atoms with Crippen molar-refractivity contribution in [1.82, 2.24) is 4.90 Å². The molecule has 0 aliphatic carbocycles. The van der Waals surface area contributed by atoms with Crippen molar-refractivity contribution >= 4 is 11.6 Å². The van der Waals surface area contributed by atoms with Crippen LogP contribution in [0.4, 0.5) is 0 Å². The second kappa shape index (κ2) is 4.49. The highest BCUT2D eigenvalue weighted by Gasteiger charge is 2.00. The Hall–Kier alpha value is -0.730. The van der Waals surface area contributed by atoms with Crippen LogP contribution in [0.3, 0.4) is 0 Å². The number of benzene rings is 1. The summed E-state index contributed by atoms with van der Waals surface area (Å²) < 4.78 is 0. The molecule has 0 heterocycles. The van der Waals surface area contributed by atoms with E-state index < -0.39 is 0 Å². The third-order valence-corrected chi connectivity index (χ3v) is 2.15. The van der Waals surface area contributed by atoms with Crippen LogP contribution in [0.2, 0.25) is 5.02 Å². The highest BCUT2D eigenvalue weighted by molar-refractivity contribution is 6.30. The van der Waals surface area contributed by atoms with Crippen LogP contribution in [0.15, 0.2) is 18.2 Å². The van der Waals surface area contributed by atoms with Crippen molar-refractivity contribution < 1.29 is 5.11 Å². The van der Waals surface area contributed by atoms with Crippen molar-refractivity contribution in [3.8, 4) is 5.75 Å². The second-order valence-electron chi connectivity index (χ2n) is 3.15. The fourth-order valence-corrected chi connectivity index (χ4v) is 1.40. The highest BCUT2D eigenvalue weighted by atomic mass is 35.5. The van der Waals surface area contributed by atoms with E-state index in [0.29, 0.717) is 5.02 Å². The van der Waals surface area contributed by atoms with Gasteiger partial charge in [-0.05, 0) is 37.4 Å². The van der Waals surface area contributed by atoms with Gasteiger partial charge in [0.2, 0.25) is 0 Å². The lowest BCUT2D eigenvalue weighted by molar-refractivity contribution is 0.345. The Bertz CT molecular complexity index is 268. The largest absolute Gasteiger partial charge is 0.508 e. The van der Waals surface area contributed by atoms with E-state index in [4.69, 9.17) is 11.6 Å². The average molecular weight is 200 g/mol. The fourth-order valence-electron chi connectivity index (χ4n) is 1.15. The normalized spacial score (nSPS) is 10.8. The van der Waals surface area contributed by atoms with Gasteiger partial charge in [0.05, 0.1) is 0 Å². The third-order valence-electron chi connectivity index (χ3n) is 1.93. The number of aromatic hydroxyl groups is 1. The van der Waals surface area contributed by atoms with Crippen molar-refractivity contribution in [3.05, 3.63) is 28.8 Å². The minimum absolute atomic E-state index is 0.229. The maximum absolute atomic E-state index is 9.28. The molecule has 1 rings (SSSR count). The number of hydrogen-bond acceptors (Lipinski definition) is 2. The zero-order valence-corrected chi connectivity index (χ0v) is 8.67. The first-order valence-corrected chi connectivity index (χ1v) is 4.66. The molecule has 0 aliphatic rings. The van der Waals surface area contributed by atoms with E-state index in [1.807, 2.05) is 13.1 Å². The van der Waals surface area contributed by atoms with Crippen molar-refractivity contribution in [1.29, 1.82) is 0 Å². The van der Waals surface area contributed by atoms with E-state index >= 15 is 0 Å². The van der Waals surface area contributed by atoms with E-state index in [2.05, 4.69) is 11.8 Å². The molecule has 0 saturated carbocycles. The van der Waals surface area contributed by atoms with Crippen LogP contribution in [-0.2, 0) is 6.54 Å². The van der Waals surface area contributed by atoms with Gasteiger partial charge < -0.3 is 10.0 Å². The van der Waals surface area contributed by atoms with Crippen LogP contribution >= 0.6 is 11.6 Å². The molecule has 0 spiro atoms. The molecule has 0 fully saturated rings. The molecule has 0 aromatic heterocycles. The summed E-state index contributed by atoms with van der Waals surface area (Å²) in [6.45, 7) is 3.88. The lowest BCUT2D eigenvalue weighted by atomic mass is 10.2. The Labute approximate surface area is 83.7 Å². The molecule has 0 bridgehead atoms. The summed E-state index contributed by atoms with van der Waals surface area (Å²) in [6, 6.07) is 5.14. The summed E-state index contributed by atoms with van der Waals surface area (Å²) >= 11 is 5.80. The molecule has 0 unspecified atom stereocenters. The monoisotopic (exact) mass is 199 g/mol. The van der Waals surface area contributed by atoms with Gasteiger partial charge in [-0.15, -0.1) is 0 Å². The lowest BCUT2D eigenvalue weighted by Crippen LogP contribution is -2.16. The van der Waals surface area contributed by atoms with Crippen LogP contribution in [-0.4, -0.2) is 23.6 Å². The van der Waals surface area contributed by atoms with Gasteiger partial charge in [0.25, 0.3) is 0 Å². The Morgan fingerprint density at radius 1 is 1.38 bits per heavy atom. The lowest BCUT2D eigenvalue weighted by Gasteiger charge is -2.13. The maximum atomic E-state index is 9.28. The van der Waals surface area contributed by atoms with E-state index in [9.17, 15) is 5.11 Å². The van der Waals surface area contributed by atoms with Crippen LogP contribution in [0.25, 0.3) is 0 Å². The van der Waals surface area contributed by atoms with Crippen molar-refractivity contribution in [2.24, 2.45) is 0 Å². The average Bonchev–Trinajstić information content (AvgIpc) is 2.02. The van der Waals surface area contributed by atoms with Crippen LogP contribution in [0, 0.1) is 0 Å². The number of phenols is 1. The van der Waals surface area contributed by atoms with Gasteiger partial charge in [0.15, 0.2) is 0 Å². The van der Waals surface area contributed by atoms with E-state index in [-0.39, 0.29) is 5.75 Å². The van der Waals surface area contributed by atoms with Crippen molar-refractivity contribution in [2.45, 2.75) is 13.5 Å². The van der Waals surface area contributed by atoms with Gasteiger partial charge >= 0.3 is 0 Å². The van der Waals surface area contributed by atoms with Crippen LogP contribution < -0.4 is 0 Å². The Balaban J connectivity index is 2.77. The van der Waals surface area contributed by atoms with E-state index in [1.165, 1.54) is 6.07 Å². The van der Waals surface area contributed by atoms with E-state index in [0.717, 1.165) is 18.7 Å². The van der Waals surface area contributed by atoms with Gasteiger partial charge in [0.1, 0.15) is 5.75 Å². The molecule has 13 heavy (non-hydrogen) atoms. The summed E-state index contributed by atoms with van der Waals surface area (Å²) in [5.41, 5.74) is 1.04. The Morgan fingerprint density at radius 2 is 2.08 bits per heavy atom. The van der Waals surface area contributed by atoms with E-state index in [1.54, 1.807) is 6.07 Å². The molecule has 0 amide bonds. The van der Waals surface area contributed by atoms with Crippen molar-refractivity contribution in [2.75, 3.05) is 13.6 Å². The summed E-state index contributed by atoms with van der Waals surface area (Å²) in [4.78, 5) is 2.14. The molecule has 3 heteroatoms. The first-order valence-electron chi connectivity index (χ1n) is 4.28. The van der Waals surface area contributed by atoms with Crippen LogP contribution in [0.1, 0.15) is 12.5 Å². The molecule has 0 aliphatic heterocycles. The molecule has 72 valence electrons. The smallest absolute Gasteiger partial charge is 0.117 e. The molecule has 0 saturated heterocycles. The third kappa shape index (κ3) is 3.25. The van der Waals surface area contributed by atoms with Gasteiger partial charge in [-0.3, -0.25) is 0 Å². The minimum Gasteiger partial charge on any atom is -0.508 e. The number of halogens is 1. The van der Waals surface area contributed by atoms with Gasteiger partial charge in [0, 0.05) is 11.6 Å². The second-order valence-corrected chi connectivity index (χ2v) is 3.58. The SMILES string of the molecule is CCN(C)Cc1cc(O)cc(Cl)c1. The number of phenolic OH excluding ortho intramolecular Hbond substituents is 1. The Kier molecular flexibility index (Phi) is 3.58. The predicted molar refractivity (Wildman–Crippen MR) is 55.1 cm³/mol. The number of hydrogen-bond donors (Lipinski definition) is 1. The topological polar surface area (TPSA) is 23.5 Å². The minimum atomic E-state index is 0.229. The molecule has 1 aromatic carbocycles. The first kappa shape index (κ1) is 10.4. The fraction of sp³-hybridized carbons (Fsp3) is 0.400. The molecule has 1 aromatic rings. The molecular weight excluding hydrogens is 186 g/mol. The Morgan fingerprint density at radius 3 is 2.62 bits per heavy atom. The van der Waals surface area contributed by atoms with Gasteiger partial charge in [-0.2, -0.15) is 0 Å². The molecule has 1 N–H and O–H groups in total. The summed E-state index contributed by atoms with van der Waals surface area (Å²) in [7, 11) is 2.03. The summed E-state index contributed by atoms with van der Waals surface area (Å²) in [5.74, 6) is 0.229. The zero-order valence-electron chi connectivity index (χ0n) is 7.92. The van der Waals surface area contributed by atoms with Crippen molar-refractivity contribution in [3.63, 3.8) is 0 Å². The predicted octanol–water partition coefficient (Wildman–Crippen LogP) is 2.50. The van der Waals surface area contributed by atoms with Gasteiger partial charge in [-0.25, -0.2) is 0 Å². The first-order chi connectivity index (χ1) is 6.11. The molecule has 2 nitrogen and oxygen atoms in total. The summed E-state index contributed by atoms with van der Waals surface area (Å²) in [5, 5.41) is 9.86. The number of nitrogens with zero attached hydrogens (tertiary/aromatic N) is 1. The molecule has 0 radical (unpaired) electrons.